The van der Waals surface area contributed by atoms with E-state index in [-0.39, 0.29) is 0 Å². The lowest BCUT2D eigenvalue weighted by atomic mass is 10.9. The Morgan fingerprint density at radius 1 is 0.833 bits per heavy atom. The molecule has 0 radical (unpaired) electrons. The highest BCUT2D eigenvalue weighted by molar-refractivity contribution is 8.68. The van der Waals surface area contributed by atoms with E-state index in [0.29, 0.717) is 13.2 Å². The van der Waals surface area contributed by atoms with Crippen LogP contribution in [0.4, 0.5) is 0 Å². The Morgan fingerprint density at radius 3 is 1.28 bits per heavy atom. The van der Waals surface area contributed by atoms with Crippen LogP contribution in [0, 0.1) is 0 Å². The van der Waals surface area contributed by atoms with E-state index in [1.165, 1.54) is 22.8 Å². The topological polar surface area (TPSA) is 58.9 Å². The van der Waals surface area contributed by atoms with Gasteiger partial charge in [0.1, 0.15) is 0 Å². The van der Waals surface area contributed by atoms with Crippen LogP contribution in [0.25, 0.3) is 0 Å². The predicted molar refractivity (Wildman–Crippen MR) is 92.5 cm³/mol. The summed E-state index contributed by atoms with van der Waals surface area (Å²) in [4.78, 5) is 18.4. The minimum atomic E-state index is -2.44. The molecule has 18 heavy (non-hydrogen) atoms. The summed E-state index contributed by atoms with van der Waals surface area (Å²) in [6.45, 7) is 8.55. The average Bonchev–Trinajstić information content (AvgIpc) is 2.17. The molecule has 0 aliphatic carbocycles. The molecule has 0 heterocycles. The van der Waals surface area contributed by atoms with Gasteiger partial charge in [0.05, 0.1) is 13.2 Å². The molecule has 4 nitrogen and oxygen atoms in total. The molecule has 0 rings (SSSR count). The van der Waals surface area contributed by atoms with Crippen molar-refractivity contribution in [2.75, 3.05) is 24.7 Å². The molecule has 2 N–H and O–H groups in total. The SMILES string of the molecule is CCOP(O)(=S)SCC.CCOP(O)(=S)SCC. The van der Waals surface area contributed by atoms with Crippen molar-refractivity contribution >= 4 is 57.8 Å². The molecule has 0 aromatic carbocycles. The summed E-state index contributed by atoms with van der Waals surface area (Å²) in [5.74, 6) is 1.63. The van der Waals surface area contributed by atoms with Crippen LogP contribution in [-0.4, -0.2) is 34.5 Å². The lowest BCUT2D eigenvalue weighted by Gasteiger charge is -2.11. The Morgan fingerprint density at radius 2 is 1.11 bits per heavy atom. The van der Waals surface area contributed by atoms with Crippen molar-refractivity contribution in [3.63, 3.8) is 0 Å². The van der Waals surface area contributed by atoms with E-state index in [2.05, 4.69) is 0 Å². The van der Waals surface area contributed by atoms with Crippen molar-refractivity contribution in [2.24, 2.45) is 0 Å². The van der Waals surface area contributed by atoms with Gasteiger partial charge in [0.2, 0.25) is 11.4 Å². The first kappa shape index (κ1) is 22.1. The Hall–Kier alpha value is 1.84. The van der Waals surface area contributed by atoms with Crippen molar-refractivity contribution in [1.29, 1.82) is 0 Å². The van der Waals surface area contributed by atoms with Crippen LogP contribution in [0.1, 0.15) is 27.7 Å². The minimum Gasteiger partial charge on any atom is -0.337 e. The van der Waals surface area contributed by atoms with Gasteiger partial charge in [-0.1, -0.05) is 36.6 Å². The smallest absolute Gasteiger partial charge is 0.244 e. The summed E-state index contributed by atoms with van der Waals surface area (Å²) < 4.78 is 9.83. The van der Waals surface area contributed by atoms with Crippen LogP contribution in [0.5, 0.6) is 0 Å². The van der Waals surface area contributed by atoms with E-state index in [1.54, 1.807) is 0 Å². The predicted octanol–water partition coefficient (Wildman–Crippen LogP) is 3.99. The first-order valence-electron chi connectivity index (χ1n) is 5.48. The van der Waals surface area contributed by atoms with Gasteiger partial charge in [0.25, 0.3) is 0 Å². The molecule has 0 saturated heterocycles. The fourth-order valence-corrected chi connectivity index (χ4v) is 7.75. The van der Waals surface area contributed by atoms with Gasteiger partial charge in [-0.15, -0.1) is 0 Å². The van der Waals surface area contributed by atoms with Crippen molar-refractivity contribution in [1.82, 2.24) is 0 Å². The third kappa shape index (κ3) is 15.9. The third-order valence-electron chi connectivity index (χ3n) is 1.17. The standard InChI is InChI=1S/2C4H11O2PS2/c2*1-3-6-7(5,8)9-4-2/h2*3-4H2,1-2H3,(H,5,8). The zero-order valence-electron chi connectivity index (χ0n) is 11.1. The molecule has 0 spiro atoms. The molecule has 0 aromatic rings. The quantitative estimate of drug-likeness (QED) is 0.621. The van der Waals surface area contributed by atoms with Gasteiger partial charge in [-0.05, 0) is 49.0 Å². The summed E-state index contributed by atoms with van der Waals surface area (Å²) in [7, 11) is 0. The second-order valence-corrected chi connectivity index (χ2v) is 15.5. The second-order valence-electron chi connectivity index (χ2n) is 2.61. The molecule has 0 fully saturated rings. The van der Waals surface area contributed by atoms with Gasteiger partial charge in [0.15, 0.2) is 0 Å². The van der Waals surface area contributed by atoms with Crippen molar-refractivity contribution in [3.8, 4) is 0 Å². The van der Waals surface area contributed by atoms with E-state index in [4.69, 9.17) is 32.7 Å². The zero-order chi connectivity index (χ0) is 14.7. The van der Waals surface area contributed by atoms with Gasteiger partial charge < -0.3 is 18.8 Å². The molecule has 10 heteroatoms. The molecule has 0 aromatic heterocycles. The Kier molecular flexibility index (Phi) is 15.5. The Bertz CT molecular complexity index is 242. The van der Waals surface area contributed by atoms with E-state index in [9.17, 15) is 9.79 Å². The van der Waals surface area contributed by atoms with Crippen LogP contribution < -0.4 is 0 Å². The normalized spacial score (nSPS) is 17.2. The van der Waals surface area contributed by atoms with E-state index in [1.807, 2.05) is 27.7 Å². The summed E-state index contributed by atoms with van der Waals surface area (Å²) in [6.07, 6.45) is 0. The van der Waals surface area contributed by atoms with E-state index >= 15 is 0 Å². The summed E-state index contributed by atoms with van der Waals surface area (Å²) in [6, 6.07) is 0. The highest BCUT2D eigenvalue weighted by Gasteiger charge is 2.11. The Labute approximate surface area is 128 Å². The van der Waals surface area contributed by atoms with Gasteiger partial charge in [0, 0.05) is 0 Å². The lowest BCUT2D eigenvalue weighted by Crippen LogP contribution is -1.83. The van der Waals surface area contributed by atoms with E-state index < -0.39 is 11.4 Å². The van der Waals surface area contributed by atoms with Crippen LogP contribution in [0.3, 0.4) is 0 Å². The monoisotopic (exact) mass is 372 g/mol. The largest absolute Gasteiger partial charge is 0.337 e. The van der Waals surface area contributed by atoms with Crippen molar-refractivity contribution < 1.29 is 18.8 Å². The molecular weight excluding hydrogens is 350 g/mol. The molecule has 0 aliphatic rings. The summed E-state index contributed by atoms with van der Waals surface area (Å²) >= 11 is 12.1. The molecule has 112 valence electrons. The van der Waals surface area contributed by atoms with Gasteiger partial charge in [-0.25, -0.2) is 0 Å². The first-order chi connectivity index (χ1) is 8.24. The molecule has 0 amide bonds. The molecule has 0 bridgehead atoms. The van der Waals surface area contributed by atoms with Crippen LogP contribution in [0.2, 0.25) is 0 Å². The maximum absolute atomic E-state index is 9.18. The maximum Gasteiger partial charge on any atom is 0.244 e. The fourth-order valence-electron chi connectivity index (χ4n) is 0.727. The van der Waals surface area contributed by atoms with Crippen LogP contribution >= 0.6 is 34.2 Å². The van der Waals surface area contributed by atoms with Crippen molar-refractivity contribution in [2.45, 2.75) is 27.7 Å². The third-order valence-corrected chi connectivity index (χ3v) is 10.2. The molecule has 0 aliphatic heterocycles. The van der Waals surface area contributed by atoms with Gasteiger partial charge in [-0.2, -0.15) is 0 Å². The lowest BCUT2D eigenvalue weighted by molar-refractivity contribution is 0.340. The average molecular weight is 372 g/mol. The first-order valence-corrected chi connectivity index (χ1v) is 14.0. The molecule has 2 atom stereocenters. The second kappa shape index (κ2) is 12.6. The van der Waals surface area contributed by atoms with E-state index in [0.717, 1.165) is 11.5 Å². The molecule has 0 saturated carbocycles. The number of hydrogen-bond donors (Lipinski definition) is 2. The van der Waals surface area contributed by atoms with Gasteiger partial charge in [-0.3, -0.25) is 0 Å². The van der Waals surface area contributed by atoms with Crippen LogP contribution in [0.15, 0.2) is 0 Å². The minimum absolute atomic E-state index is 0.501. The zero-order valence-corrected chi connectivity index (χ0v) is 16.1. The Balaban J connectivity index is 0. The fraction of sp³-hybridized carbons (Fsp3) is 1.00. The maximum atomic E-state index is 9.18. The number of hydrogen-bond acceptors (Lipinski definition) is 6. The molecular formula is C8H22O4P2S4. The van der Waals surface area contributed by atoms with Crippen LogP contribution in [-0.2, 0) is 32.7 Å². The number of rotatable bonds is 8. The van der Waals surface area contributed by atoms with Crippen molar-refractivity contribution in [3.05, 3.63) is 0 Å². The van der Waals surface area contributed by atoms with Gasteiger partial charge >= 0.3 is 0 Å². The molecule has 2 unspecified atom stereocenters. The highest BCUT2D eigenvalue weighted by atomic mass is 32.9. The highest BCUT2D eigenvalue weighted by Crippen LogP contribution is 2.56. The summed E-state index contributed by atoms with van der Waals surface area (Å²) in [5, 5.41) is 0. The summed E-state index contributed by atoms with van der Waals surface area (Å²) in [5.41, 5.74) is -4.89.